The molecule has 15 heavy (non-hydrogen) atoms. The molecule has 0 aliphatic heterocycles. The van der Waals surface area contributed by atoms with Crippen LogP contribution in [0.25, 0.3) is 0 Å². The Labute approximate surface area is 88.9 Å². The number of rotatable bonds is 4. The standard InChI is InChI=1S/C10H15N3O2/c1-3-13(7-10(14)15-2)9-6-8(11)4-5-12-9/h4-6H,3,7H2,1-2H3,(H2,11,12). The topological polar surface area (TPSA) is 68.5 Å². The number of likely N-dealkylation sites (N-methyl/N-ethyl adjacent to an activating group) is 1. The summed E-state index contributed by atoms with van der Waals surface area (Å²) in [7, 11) is 1.36. The van der Waals surface area contributed by atoms with Crippen molar-refractivity contribution in [3.8, 4) is 0 Å². The quantitative estimate of drug-likeness (QED) is 0.738. The summed E-state index contributed by atoms with van der Waals surface area (Å²) < 4.78 is 4.59. The second-order valence-corrected chi connectivity index (χ2v) is 3.04. The van der Waals surface area contributed by atoms with Gasteiger partial charge in [-0.05, 0) is 13.0 Å². The first kappa shape index (κ1) is 11.3. The number of hydrogen-bond acceptors (Lipinski definition) is 5. The van der Waals surface area contributed by atoms with Crippen LogP contribution in [0.15, 0.2) is 18.3 Å². The first-order chi connectivity index (χ1) is 7.17. The molecule has 1 aromatic rings. The predicted octanol–water partition coefficient (Wildman–Crippen LogP) is 0.663. The molecule has 1 aromatic heterocycles. The molecule has 0 radical (unpaired) electrons. The van der Waals surface area contributed by atoms with Crippen LogP contribution in [0.2, 0.25) is 0 Å². The molecule has 82 valence electrons. The molecule has 5 nitrogen and oxygen atoms in total. The molecule has 0 amide bonds. The highest BCUT2D eigenvalue weighted by Gasteiger charge is 2.10. The van der Waals surface area contributed by atoms with E-state index in [0.29, 0.717) is 18.1 Å². The van der Waals surface area contributed by atoms with Gasteiger partial charge in [0.05, 0.1) is 7.11 Å². The summed E-state index contributed by atoms with van der Waals surface area (Å²) >= 11 is 0. The molecule has 0 spiro atoms. The zero-order valence-corrected chi connectivity index (χ0v) is 8.93. The molecule has 0 aliphatic carbocycles. The van der Waals surface area contributed by atoms with Crippen molar-refractivity contribution in [3.05, 3.63) is 18.3 Å². The fourth-order valence-corrected chi connectivity index (χ4v) is 1.18. The molecule has 0 unspecified atom stereocenters. The van der Waals surface area contributed by atoms with Gasteiger partial charge in [-0.2, -0.15) is 0 Å². The van der Waals surface area contributed by atoms with Gasteiger partial charge in [0.1, 0.15) is 12.4 Å². The lowest BCUT2D eigenvalue weighted by atomic mass is 10.3. The van der Waals surface area contributed by atoms with Crippen molar-refractivity contribution in [3.63, 3.8) is 0 Å². The van der Waals surface area contributed by atoms with Crippen molar-refractivity contribution >= 4 is 17.5 Å². The largest absolute Gasteiger partial charge is 0.468 e. The Balaban J connectivity index is 2.78. The van der Waals surface area contributed by atoms with Crippen molar-refractivity contribution in [2.24, 2.45) is 0 Å². The van der Waals surface area contributed by atoms with Crippen LogP contribution in [0.3, 0.4) is 0 Å². The molecule has 0 bridgehead atoms. The molecular formula is C10H15N3O2. The highest BCUT2D eigenvalue weighted by atomic mass is 16.5. The molecule has 0 fully saturated rings. The average molecular weight is 209 g/mol. The van der Waals surface area contributed by atoms with Crippen LogP contribution >= 0.6 is 0 Å². The number of nitrogens with zero attached hydrogens (tertiary/aromatic N) is 2. The van der Waals surface area contributed by atoms with Crippen LogP contribution in [-0.4, -0.2) is 31.2 Å². The number of ether oxygens (including phenoxy) is 1. The van der Waals surface area contributed by atoms with Crippen molar-refractivity contribution in [2.45, 2.75) is 6.92 Å². The third-order valence-corrected chi connectivity index (χ3v) is 2.02. The highest BCUT2D eigenvalue weighted by molar-refractivity contribution is 5.75. The lowest BCUT2D eigenvalue weighted by molar-refractivity contribution is -0.138. The number of carbonyl (C=O) groups excluding carboxylic acids is 1. The second-order valence-electron chi connectivity index (χ2n) is 3.04. The number of pyridine rings is 1. The monoisotopic (exact) mass is 209 g/mol. The van der Waals surface area contributed by atoms with Gasteiger partial charge in [-0.3, -0.25) is 4.79 Å². The van der Waals surface area contributed by atoms with Gasteiger partial charge in [0.2, 0.25) is 0 Å². The first-order valence-electron chi connectivity index (χ1n) is 4.70. The number of nitrogens with two attached hydrogens (primary N) is 1. The highest BCUT2D eigenvalue weighted by Crippen LogP contribution is 2.13. The van der Waals surface area contributed by atoms with Gasteiger partial charge < -0.3 is 15.4 Å². The van der Waals surface area contributed by atoms with Crippen molar-refractivity contribution in [2.75, 3.05) is 30.8 Å². The Bertz CT molecular complexity index is 341. The minimum absolute atomic E-state index is 0.184. The average Bonchev–Trinajstić information content (AvgIpc) is 2.25. The van der Waals surface area contributed by atoms with Gasteiger partial charge in [0.25, 0.3) is 0 Å². The van der Waals surface area contributed by atoms with Gasteiger partial charge in [-0.25, -0.2) is 4.98 Å². The molecule has 5 heteroatoms. The van der Waals surface area contributed by atoms with Crippen molar-refractivity contribution in [1.29, 1.82) is 0 Å². The lowest BCUT2D eigenvalue weighted by Crippen LogP contribution is -2.30. The van der Waals surface area contributed by atoms with Crippen molar-refractivity contribution < 1.29 is 9.53 Å². The summed E-state index contributed by atoms with van der Waals surface area (Å²) in [5.41, 5.74) is 6.26. The van der Waals surface area contributed by atoms with Gasteiger partial charge in [-0.15, -0.1) is 0 Å². The summed E-state index contributed by atoms with van der Waals surface area (Å²) in [6.07, 6.45) is 1.62. The third-order valence-electron chi connectivity index (χ3n) is 2.02. The number of carbonyl (C=O) groups is 1. The van der Waals surface area contributed by atoms with Gasteiger partial charge in [0, 0.05) is 24.5 Å². The fraction of sp³-hybridized carbons (Fsp3) is 0.400. The Morgan fingerprint density at radius 1 is 1.67 bits per heavy atom. The van der Waals surface area contributed by atoms with E-state index in [2.05, 4.69) is 9.72 Å². The molecule has 0 saturated carbocycles. The number of methoxy groups -OCH3 is 1. The van der Waals surface area contributed by atoms with Gasteiger partial charge >= 0.3 is 5.97 Å². The summed E-state index contributed by atoms with van der Waals surface area (Å²) in [6, 6.07) is 3.43. The Hall–Kier alpha value is -1.78. The number of nitrogen functional groups attached to an aromatic ring is 1. The molecular weight excluding hydrogens is 194 g/mol. The van der Waals surface area contributed by atoms with E-state index >= 15 is 0 Å². The van der Waals surface area contributed by atoms with E-state index in [1.165, 1.54) is 7.11 Å². The predicted molar refractivity (Wildman–Crippen MR) is 58.6 cm³/mol. The second kappa shape index (κ2) is 5.19. The lowest BCUT2D eigenvalue weighted by Gasteiger charge is -2.20. The Morgan fingerprint density at radius 2 is 2.40 bits per heavy atom. The van der Waals surface area contributed by atoms with E-state index in [1.807, 2.05) is 6.92 Å². The molecule has 1 heterocycles. The SMILES string of the molecule is CCN(CC(=O)OC)c1cc(N)ccn1. The number of hydrogen-bond donors (Lipinski definition) is 1. The van der Waals surface area contributed by atoms with E-state index in [-0.39, 0.29) is 12.5 Å². The van der Waals surface area contributed by atoms with E-state index in [4.69, 9.17) is 5.73 Å². The van der Waals surface area contributed by atoms with Gasteiger partial charge in [0.15, 0.2) is 0 Å². The van der Waals surface area contributed by atoms with E-state index in [1.54, 1.807) is 23.2 Å². The minimum Gasteiger partial charge on any atom is -0.468 e. The van der Waals surface area contributed by atoms with E-state index in [9.17, 15) is 4.79 Å². The Kier molecular flexibility index (Phi) is 3.91. The summed E-state index contributed by atoms with van der Waals surface area (Å²) in [4.78, 5) is 17.0. The molecule has 1 rings (SSSR count). The normalized spacial score (nSPS) is 9.73. The Morgan fingerprint density at radius 3 is 2.93 bits per heavy atom. The van der Waals surface area contributed by atoms with Crippen LogP contribution in [0.4, 0.5) is 11.5 Å². The van der Waals surface area contributed by atoms with E-state index < -0.39 is 0 Å². The van der Waals surface area contributed by atoms with Crippen LogP contribution in [0, 0.1) is 0 Å². The molecule has 2 N–H and O–H groups in total. The minimum atomic E-state index is -0.291. The summed E-state index contributed by atoms with van der Waals surface area (Å²) in [5, 5.41) is 0. The molecule has 0 aliphatic rings. The number of anilines is 2. The maximum absolute atomic E-state index is 11.1. The molecule has 0 saturated heterocycles. The molecule has 0 aromatic carbocycles. The van der Waals surface area contributed by atoms with Gasteiger partial charge in [-0.1, -0.05) is 0 Å². The first-order valence-corrected chi connectivity index (χ1v) is 4.70. The summed E-state index contributed by atoms with van der Waals surface area (Å²) in [6.45, 7) is 2.79. The van der Waals surface area contributed by atoms with Crippen LogP contribution in [0.5, 0.6) is 0 Å². The van der Waals surface area contributed by atoms with Crippen LogP contribution in [-0.2, 0) is 9.53 Å². The molecule has 0 atom stereocenters. The van der Waals surface area contributed by atoms with Crippen LogP contribution < -0.4 is 10.6 Å². The fourth-order valence-electron chi connectivity index (χ4n) is 1.18. The van der Waals surface area contributed by atoms with Crippen LogP contribution in [0.1, 0.15) is 6.92 Å². The summed E-state index contributed by atoms with van der Waals surface area (Å²) in [5.74, 6) is 0.393. The third kappa shape index (κ3) is 3.12. The number of esters is 1. The van der Waals surface area contributed by atoms with Crippen molar-refractivity contribution in [1.82, 2.24) is 4.98 Å². The number of aromatic nitrogens is 1. The zero-order chi connectivity index (χ0) is 11.3. The maximum Gasteiger partial charge on any atom is 0.325 e. The smallest absolute Gasteiger partial charge is 0.325 e. The maximum atomic E-state index is 11.1. The zero-order valence-electron chi connectivity index (χ0n) is 8.93. The van der Waals surface area contributed by atoms with E-state index in [0.717, 1.165) is 0 Å².